The molecule has 31 heavy (non-hydrogen) atoms. The fraction of sp³-hybridized carbons (Fsp3) is 0.625. The summed E-state index contributed by atoms with van der Waals surface area (Å²) in [6.45, 7) is 5.25. The molecule has 15 heteroatoms. The smallest absolute Gasteiger partial charge is 0.229 e. The van der Waals surface area contributed by atoms with Crippen LogP contribution in [0, 0.1) is 0 Å². The number of hydrogen-bond donors (Lipinski definition) is 8. The summed E-state index contributed by atoms with van der Waals surface area (Å²) in [4.78, 5) is 23.3. The Morgan fingerprint density at radius 1 is 0.452 bits per heavy atom. The molecule has 0 bridgehead atoms. The van der Waals surface area contributed by atoms with Crippen molar-refractivity contribution in [2.24, 2.45) is 0 Å². The van der Waals surface area contributed by atoms with Crippen LogP contribution >= 0.6 is 12.4 Å². The van der Waals surface area contributed by atoms with E-state index >= 15 is 0 Å². The van der Waals surface area contributed by atoms with E-state index in [0.29, 0.717) is 11.9 Å². The third-order valence-electron chi connectivity index (χ3n) is 3.92. The summed E-state index contributed by atoms with van der Waals surface area (Å²) in [5.74, 6) is 1.28. The number of anilines is 6. The topological polar surface area (TPSA) is 230 Å². The maximum absolute atomic E-state index is 5.52. The fourth-order valence-electron chi connectivity index (χ4n) is 2.55. The minimum atomic E-state index is 0. The van der Waals surface area contributed by atoms with Crippen LogP contribution in [0.3, 0.4) is 0 Å². The van der Waals surface area contributed by atoms with Crippen LogP contribution in [0.2, 0.25) is 0 Å². The zero-order valence-electron chi connectivity index (χ0n) is 17.5. The molecule has 0 fully saturated rings. The zero-order valence-corrected chi connectivity index (χ0v) is 18.3. The van der Waals surface area contributed by atoms with Crippen molar-refractivity contribution in [3.05, 3.63) is 0 Å². The number of halogens is 1. The van der Waals surface area contributed by atoms with Crippen molar-refractivity contribution in [2.45, 2.75) is 25.7 Å². The number of nitrogen functional groups attached to an aromatic ring is 4. The summed E-state index contributed by atoms with van der Waals surface area (Å²) in [6.07, 6.45) is 4.11. The van der Waals surface area contributed by atoms with E-state index in [1.807, 2.05) is 0 Å². The molecule has 0 aliphatic heterocycles. The van der Waals surface area contributed by atoms with Gasteiger partial charge in [-0.15, -0.1) is 12.4 Å². The van der Waals surface area contributed by atoms with E-state index in [1.165, 1.54) is 0 Å². The highest BCUT2D eigenvalue weighted by molar-refractivity contribution is 5.85. The quantitative estimate of drug-likeness (QED) is 0.151. The molecule has 0 spiro atoms. The number of nitrogens with one attached hydrogen (secondary N) is 4. The number of nitrogens with two attached hydrogens (primary N) is 4. The second-order valence-electron chi connectivity index (χ2n) is 6.52. The molecule has 0 saturated heterocycles. The monoisotopic (exact) mass is 456 g/mol. The first-order chi connectivity index (χ1) is 14.5. The summed E-state index contributed by atoms with van der Waals surface area (Å²) in [5.41, 5.74) is 22.1. The molecule has 0 amide bonds. The van der Waals surface area contributed by atoms with Gasteiger partial charge in [0.15, 0.2) is 0 Å². The third-order valence-corrected chi connectivity index (χ3v) is 3.92. The highest BCUT2D eigenvalue weighted by Crippen LogP contribution is 2.03. The molecule has 0 aromatic carbocycles. The average molecular weight is 457 g/mol. The first-order valence-corrected chi connectivity index (χ1v) is 9.96. The Bertz CT molecular complexity index is 657. The van der Waals surface area contributed by atoms with Gasteiger partial charge in [-0.2, -0.15) is 29.9 Å². The van der Waals surface area contributed by atoms with Gasteiger partial charge in [-0.1, -0.05) is 0 Å². The maximum atomic E-state index is 5.52. The molecule has 2 rings (SSSR count). The molecular weight excluding hydrogens is 424 g/mol. The Morgan fingerprint density at radius 2 is 0.774 bits per heavy atom. The Morgan fingerprint density at radius 3 is 1.13 bits per heavy atom. The number of aromatic nitrogens is 6. The lowest BCUT2D eigenvalue weighted by Crippen LogP contribution is -2.22. The van der Waals surface area contributed by atoms with Gasteiger partial charge in [-0.05, 0) is 51.9 Å². The molecule has 2 aromatic rings. The molecule has 0 aliphatic rings. The number of rotatable bonds is 15. The van der Waals surface area contributed by atoms with Gasteiger partial charge < -0.3 is 44.2 Å². The van der Waals surface area contributed by atoms with Crippen molar-refractivity contribution in [3.8, 4) is 0 Å². The normalized spacial score (nSPS) is 10.5. The zero-order chi connectivity index (χ0) is 21.6. The van der Waals surface area contributed by atoms with Gasteiger partial charge in [0.2, 0.25) is 35.7 Å². The van der Waals surface area contributed by atoms with Gasteiger partial charge in [0.05, 0.1) is 0 Å². The van der Waals surface area contributed by atoms with Gasteiger partial charge in [0.1, 0.15) is 0 Å². The predicted octanol–water partition coefficient (Wildman–Crippen LogP) is -0.929. The van der Waals surface area contributed by atoms with Crippen LogP contribution < -0.4 is 44.2 Å². The molecule has 174 valence electrons. The van der Waals surface area contributed by atoms with Gasteiger partial charge in [-0.25, -0.2) is 0 Å². The van der Waals surface area contributed by atoms with E-state index in [-0.39, 0.29) is 36.2 Å². The van der Waals surface area contributed by atoms with Crippen molar-refractivity contribution < 1.29 is 0 Å². The predicted molar refractivity (Wildman–Crippen MR) is 126 cm³/mol. The van der Waals surface area contributed by atoms with E-state index in [9.17, 15) is 0 Å². The van der Waals surface area contributed by atoms with Gasteiger partial charge >= 0.3 is 0 Å². The lowest BCUT2D eigenvalue weighted by Gasteiger charge is -2.08. The average Bonchev–Trinajstić information content (AvgIpc) is 2.66. The number of unbranched alkanes of at least 4 members (excludes halogenated alkanes) is 1. The first-order valence-electron chi connectivity index (χ1n) is 9.96. The van der Waals surface area contributed by atoms with Crippen molar-refractivity contribution in [2.75, 3.05) is 72.8 Å². The molecule has 14 nitrogen and oxygen atoms in total. The van der Waals surface area contributed by atoms with E-state index in [4.69, 9.17) is 22.9 Å². The van der Waals surface area contributed by atoms with Crippen LogP contribution in [0.5, 0.6) is 0 Å². The van der Waals surface area contributed by atoms with Gasteiger partial charge in [-0.3, -0.25) is 0 Å². The van der Waals surface area contributed by atoms with E-state index in [1.54, 1.807) is 0 Å². The van der Waals surface area contributed by atoms with Gasteiger partial charge in [0, 0.05) is 13.1 Å². The lowest BCUT2D eigenvalue weighted by molar-refractivity contribution is 0.573. The summed E-state index contributed by atoms with van der Waals surface area (Å²) >= 11 is 0. The van der Waals surface area contributed by atoms with Crippen LogP contribution in [-0.2, 0) is 0 Å². The molecule has 2 aromatic heterocycles. The van der Waals surface area contributed by atoms with E-state index in [2.05, 4.69) is 51.2 Å². The highest BCUT2D eigenvalue weighted by atomic mass is 35.5. The van der Waals surface area contributed by atoms with E-state index < -0.39 is 0 Å². The minimum absolute atomic E-state index is 0. The molecule has 0 radical (unpaired) electrons. The summed E-state index contributed by atoms with van der Waals surface area (Å²) < 4.78 is 0. The Balaban J connectivity index is 0.00000480. The first kappa shape index (κ1) is 26.1. The summed E-state index contributed by atoms with van der Waals surface area (Å²) in [5, 5.41) is 13.0. The van der Waals surface area contributed by atoms with Crippen LogP contribution in [0.25, 0.3) is 0 Å². The molecule has 12 N–H and O–H groups in total. The standard InChI is InChI=1S/C16H32N14.ClH/c17-11-25-12(18)28-15(27-11)23-9-3-7-21-5-1-2-6-22-8-4-10-24-16-29-13(19)26-14(20)30-16;/h21-22H,1-10H2,(H5,17,18,23,25,27,28)(H5,19,20,24,26,29,30);1H. The maximum Gasteiger partial charge on any atom is 0.229 e. The molecular formula is C16H33ClN14. The molecule has 0 saturated carbocycles. The van der Waals surface area contributed by atoms with Crippen molar-refractivity contribution in [1.29, 1.82) is 0 Å². The van der Waals surface area contributed by atoms with Crippen molar-refractivity contribution in [3.63, 3.8) is 0 Å². The highest BCUT2D eigenvalue weighted by Gasteiger charge is 2.01. The SMILES string of the molecule is Cl.Nc1nc(N)nc(NCCCNCCCCNCCCNc2nc(N)nc(N)n2)n1. The Labute approximate surface area is 187 Å². The fourth-order valence-corrected chi connectivity index (χ4v) is 2.55. The van der Waals surface area contributed by atoms with Crippen LogP contribution in [0.1, 0.15) is 25.7 Å². The minimum Gasteiger partial charge on any atom is -0.368 e. The second-order valence-corrected chi connectivity index (χ2v) is 6.52. The Kier molecular flexibility index (Phi) is 12.5. The molecule has 0 atom stereocenters. The number of nitrogens with zero attached hydrogens (tertiary/aromatic N) is 6. The summed E-state index contributed by atoms with van der Waals surface area (Å²) in [7, 11) is 0. The molecule has 0 aliphatic carbocycles. The van der Waals surface area contributed by atoms with Crippen molar-refractivity contribution in [1.82, 2.24) is 40.5 Å². The Hall–Kier alpha value is -2.97. The second kappa shape index (κ2) is 14.9. The van der Waals surface area contributed by atoms with Gasteiger partial charge in [0.25, 0.3) is 0 Å². The summed E-state index contributed by atoms with van der Waals surface area (Å²) in [6, 6.07) is 0. The largest absolute Gasteiger partial charge is 0.368 e. The van der Waals surface area contributed by atoms with Crippen LogP contribution in [-0.4, -0.2) is 69.2 Å². The van der Waals surface area contributed by atoms with E-state index in [0.717, 1.165) is 65.0 Å². The van der Waals surface area contributed by atoms with Crippen molar-refractivity contribution >= 4 is 48.1 Å². The lowest BCUT2D eigenvalue weighted by atomic mass is 10.3. The third kappa shape index (κ3) is 11.7. The number of hydrogen-bond acceptors (Lipinski definition) is 14. The molecule has 0 unspecified atom stereocenters. The van der Waals surface area contributed by atoms with Crippen LogP contribution in [0.4, 0.5) is 35.7 Å². The molecule has 2 heterocycles. The van der Waals surface area contributed by atoms with Crippen LogP contribution in [0.15, 0.2) is 0 Å².